The summed E-state index contributed by atoms with van der Waals surface area (Å²) >= 11 is 3.17. The standard InChI is InChI=1S/C23H20N2OS2/c1-16-17(2)28-21-20(16)22(26)25(19-13-7-4-8-14-19)23(24-21)27-15-9-12-18-10-5-3-6-11-18/h3-14H,15H2,1-2H3. The lowest BCUT2D eigenvalue weighted by molar-refractivity contribution is 0.823. The van der Waals surface area contributed by atoms with Crippen LogP contribution in [0, 0.1) is 13.8 Å². The molecule has 140 valence electrons. The van der Waals surface area contributed by atoms with Crippen LogP contribution in [0.25, 0.3) is 22.0 Å². The minimum Gasteiger partial charge on any atom is -0.268 e. The Labute approximate surface area is 172 Å². The third-order valence-corrected chi connectivity index (χ3v) is 6.60. The predicted molar refractivity (Wildman–Crippen MR) is 121 cm³/mol. The third-order valence-electron chi connectivity index (χ3n) is 4.61. The van der Waals surface area contributed by atoms with E-state index in [-0.39, 0.29) is 5.56 Å². The molecular weight excluding hydrogens is 384 g/mol. The van der Waals surface area contributed by atoms with E-state index in [1.165, 1.54) is 0 Å². The van der Waals surface area contributed by atoms with E-state index in [1.54, 1.807) is 27.7 Å². The Bertz CT molecular complexity index is 1190. The molecule has 0 saturated carbocycles. The Balaban J connectivity index is 1.74. The summed E-state index contributed by atoms with van der Waals surface area (Å²) in [4.78, 5) is 20.2. The smallest absolute Gasteiger partial charge is 0.267 e. The van der Waals surface area contributed by atoms with Crippen LogP contribution in [-0.2, 0) is 0 Å². The molecule has 2 aromatic carbocycles. The predicted octanol–water partition coefficient (Wildman–Crippen LogP) is 5.87. The van der Waals surface area contributed by atoms with Crippen molar-refractivity contribution in [3.05, 3.63) is 93.1 Å². The summed E-state index contributed by atoms with van der Waals surface area (Å²) in [5.74, 6) is 0.739. The van der Waals surface area contributed by atoms with E-state index in [1.807, 2.05) is 62.4 Å². The summed E-state index contributed by atoms with van der Waals surface area (Å²) in [6, 6.07) is 20.0. The fraction of sp³-hybridized carbons (Fsp3) is 0.130. The second kappa shape index (κ2) is 8.17. The molecule has 4 rings (SSSR count). The molecule has 0 aliphatic rings. The number of thioether (sulfide) groups is 1. The van der Waals surface area contributed by atoms with Gasteiger partial charge in [-0.15, -0.1) is 11.3 Å². The van der Waals surface area contributed by atoms with E-state index in [4.69, 9.17) is 4.98 Å². The molecule has 2 heterocycles. The second-order valence-corrected chi connectivity index (χ2v) is 8.65. The maximum atomic E-state index is 13.3. The van der Waals surface area contributed by atoms with Crippen molar-refractivity contribution in [3.63, 3.8) is 0 Å². The molecule has 0 radical (unpaired) electrons. The van der Waals surface area contributed by atoms with Crippen molar-refractivity contribution in [2.75, 3.05) is 5.75 Å². The maximum absolute atomic E-state index is 13.3. The fourth-order valence-corrected chi connectivity index (χ4v) is 4.94. The Morgan fingerprint density at radius 3 is 2.43 bits per heavy atom. The van der Waals surface area contributed by atoms with Crippen LogP contribution in [0.2, 0.25) is 0 Å². The molecule has 0 spiro atoms. The first-order chi connectivity index (χ1) is 13.6. The third kappa shape index (κ3) is 3.68. The fourth-order valence-electron chi connectivity index (χ4n) is 3.05. The molecule has 0 fully saturated rings. The molecule has 0 bridgehead atoms. The van der Waals surface area contributed by atoms with Gasteiger partial charge in [-0.3, -0.25) is 9.36 Å². The molecule has 4 aromatic rings. The molecule has 5 heteroatoms. The zero-order valence-corrected chi connectivity index (χ0v) is 17.4. The van der Waals surface area contributed by atoms with E-state index >= 15 is 0 Å². The van der Waals surface area contributed by atoms with Gasteiger partial charge in [-0.1, -0.05) is 72.4 Å². The van der Waals surface area contributed by atoms with Crippen LogP contribution in [-0.4, -0.2) is 15.3 Å². The number of para-hydroxylation sites is 1. The Kier molecular flexibility index (Phi) is 5.46. The van der Waals surface area contributed by atoms with Crippen LogP contribution in [0.1, 0.15) is 16.0 Å². The first-order valence-electron chi connectivity index (χ1n) is 9.07. The van der Waals surface area contributed by atoms with Gasteiger partial charge >= 0.3 is 0 Å². The van der Waals surface area contributed by atoms with Gasteiger partial charge < -0.3 is 0 Å². The molecule has 2 aromatic heterocycles. The summed E-state index contributed by atoms with van der Waals surface area (Å²) in [7, 11) is 0. The molecule has 0 saturated heterocycles. The highest BCUT2D eigenvalue weighted by molar-refractivity contribution is 7.99. The zero-order valence-electron chi connectivity index (χ0n) is 15.8. The number of benzene rings is 2. The number of aromatic nitrogens is 2. The minimum atomic E-state index is 0.00703. The van der Waals surface area contributed by atoms with Gasteiger partial charge in [0.1, 0.15) is 4.83 Å². The number of hydrogen-bond acceptors (Lipinski definition) is 4. The summed E-state index contributed by atoms with van der Waals surface area (Å²) in [5, 5.41) is 1.46. The monoisotopic (exact) mass is 404 g/mol. The molecular formula is C23H20N2OS2. The van der Waals surface area contributed by atoms with Crippen molar-refractivity contribution in [2.45, 2.75) is 19.0 Å². The molecule has 0 aliphatic carbocycles. The maximum Gasteiger partial charge on any atom is 0.267 e. The molecule has 0 N–H and O–H groups in total. The largest absolute Gasteiger partial charge is 0.268 e. The van der Waals surface area contributed by atoms with E-state index in [0.29, 0.717) is 0 Å². The lowest BCUT2D eigenvalue weighted by Gasteiger charge is -2.11. The molecule has 0 atom stereocenters. The van der Waals surface area contributed by atoms with Crippen molar-refractivity contribution in [3.8, 4) is 5.69 Å². The van der Waals surface area contributed by atoms with E-state index < -0.39 is 0 Å². The van der Waals surface area contributed by atoms with Crippen LogP contribution in [0.15, 0.2) is 76.7 Å². The van der Waals surface area contributed by atoms with Gasteiger partial charge in [0, 0.05) is 10.6 Å². The summed E-state index contributed by atoms with van der Waals surface area (Å²) < 4.78 is 1.74. The Morgan fingerprint density at radius 1 is 1.04 bits per heavy atom. The Hall–Kier alpha value is -2.63. The average Bonchev–Trinajstić information content (AvgIpc) is 3.00. The number of aryl methyl sites for hydroxylation is 2. The minimum absolute atomic E-state index is 0.00703. The van der Waals surface area contributed by atoms with Crippen LogP contribution < -0.4 is 5.56 Å². The second-order valence-electron chi connectivity index (χ2n) is 6.46. The summed E-state index contributed by atoms with van der Waals surface area (Å²) in [5.41, 5.74) is 3.05. The van der Waals surface area contributed by atoms with Gasteiger partial charge in [0.2, 0.25) is 0 Å². The molecule has 0 unspecified atom stereocenters. The molecule has 28 heavy (non-hydrogen) atoms. The van der Waals surface area contributed by atoms with Crippen molar-refractivity contribution in [2.24, 2.45) is 0 Å². The van der Waals surface area contributed by atoms with Crippen LogP contribution in [0.3, 0.4) is 0 Å². The van der Waals surface area contributed by atoms with Crippen molar-refractivity contribution in [1.29, 1.82) is 0 Å². The first kappa shape index (κ1) is 18.7. The van der Waals surface area contributed by atoms with Gasteiger partial charge in [-0.2, -0.15) is 0 Å². The lowest BCUT2D eigenvalue weighted by atomic mass is 10.2. The van der Waals surface area contributed by atoms with Crippen molar-refractivity contribution < 1.29 is 0 Å². The van der Waals surface area contributed by atoms with Crippen LogP contribution in [0.4, 0.5) is 0 Å². The topological polar surface area (TPSA) is 34.9 Å². The van der Waals surface area contributed by atoms with E-state index in [0.717, 1.165) is 42.8 Å². The number of rotatable bonds is 5. The van der Waals surface area contributed by atoms with Gasteiger partial charge in [-0.05, 0) is 37.1 Å². The quantitative estimate of drug-likeness (QED) is 0.308. The van der Waals surface area contributed by atoms with Gasteiger partial charge in [0.05, 0.1) is 11.1 Å². The molecule has 0 aliphatic heterocycles. The van der Waals surface area contributed by atoms with Crippen molar-refractivity contribution >= 4 is 39.4 Å². The van der Waals surface area contributed by atoms with Crippen LogP contribution >= 0.6 is 23.1 Å². The lowest BCUT2D eigenvalue weighted by Crippen LogP contribution is -2.21. The highest BCUT2D eigenvalue weighted by atomic mass is 32.2. The zero-order chi connectivity index (χ0) is 19.5. The SMILES string of the molecule is Cc1sc2nc(SCC=Cc3ccccc3)n(-c3ccccc3)c(=O)c2c1C. The van der Waals surface area contributed by atoms with E-state index in [2.05, 4.69) is 24.3 Å². The van der Waals surface area contributed by atoms with Crippen LogP contribution in [0.5, 0.6) is 0 Å². The average molecular weight is 405 g/mol. The number of hydrogen-bond donors (Lipinski definition) is 0. The molecule has 0 amide bonds. The number of fused-ring (bicyclic) bond motifs is 1. The van der Waals surface area contributed by atoms with Gasteiger partial charge in [0.15, 0.2) is 5.16 Å². The Morgan fingerprint density at radius 2 is 1.71 bits per heavy atom. The van der Waals surface area contributed by atoms with Crippen molar-refractivity contribution in [1.82, 2.24) is 9.55 Å². The highest BCUT2D eigenvalue weighted by Gasteiger charge is 2.17. The van der Waals surface area contributed by atoms with E-state index in [9.17, 15) is 4.79 Å². The summed E-state index contributed by atoms with van der Waals surface area (Å²) in [6.07, 6.45) is 4.20. The van der Waals surface area contributed by atoms with Gasteiger partial charge in [0.25, 0.3) is 5.56 Å². The molecule has 3 nitrogen and oxygen atoms in total. The number of nitrogens with zero attached hydrogens (tertiary/aromatic N) is 2. The number of thiophene rings is 1. The highest BCUT2D eigenvalue weighted by Crippen LogP contribution is 2.29. The normalized spacial score (nSPS) is 11.5. The van der Waals surface area contributed by atoms with Gasteiger partial charge in [-0.25, -0.2) is 4.98 Å². The first-order valence-corrected chi connectivity index (χ1v) is 10.9. The summed E-state index contributed by atoms with van der Waals surface area (Å²) in [6.45, 7) is 4.05.